The Labute approximate surface area is 115 Å². The number of nitrogen functional groups attached to an aromatic ring is 1. The van der Waals surface area contributed by atoms with Crippen LogP contribution in [-0.2, 0) is 11.2 Å². The lowest BCUT2D eigenvalue weighted by Crippen LogP contribution is -2.30. The summed E-state index contributed by atoms with van der Waals surface area (Å²) in [5.74, 6) is 0.144. The van der Waals surface area contributed by atoms with E-state index in [1.807, 2.05) is 24.3 Å². The maximum absolute atomic E-state index is 11.9. The number of hydrogen-bond acceptors (Lipinski definition) is 2. The Hall–Kier alpha value is -1.51. The van der Waals surface area contributed by atoms with E-state index in [-0.39, 0.29) is 5.91 Å². The predicted octanol–water partition coefficient (Wildman–Crippen LogP) is 2.90. The van der Waals surface area contributed by atoms with Crippen molar-refractivity contribution >= 4 is 11.6 Å². The summed E-state index contributed by atoms with van der Waals surface area (Å²) in [5.41, 5.74) is 8.13. The van der Waals surface area contributed by atoms with Gasteiger partial charge < -0.3 is 11.1 Å². The van der Waals surface area contributed by atoms with Crippen LogP contribution in [0.15, 0.2) is 24.3 Å². The van der Waals surface area contributed by atoms with Gasteiger partial charge in [0.15, 0.2) is 0 Å². The van der Waals surface area contributed by atoms with Gasteiger partial charge in [-0.2, -0.15) is 0 Å². The largest absolute Gasteiger partial charge is 0.399 e. The van der Waals surface area contributed by atoms with E-state index in [9.17, 15) is 4.79 Å². The lowest BCUT2D eigenvalue weighted by molar-refractivity contribution is -0.121. The third-order valence-corrected chi connectivity index (χ3v) is 4.07. The van der Waals surface area contributed by atoms with E-state index in [1.54, 1.807) is 0 Å². The number of carbonyl (C=O) groups is 1. The van der Waals surface area contributed by atoms with Gasteiger partial charge in [-0.25, -0.2) is 0 Å². The van der Waals surface area contributed by atoms with Crippen LogP contribution in [0.5, 0.6) is 0 Å². The van der Waals surface area contributed by atoms with Crippen molar-refractivity contribution in [2.75, 3.05) is 12.3 Å². The van der Waals surface area contributed by atoms with Gasteiger partial charge in [-0.05, 0) is 42.7 Å². The molecule has 19 heavy (non-hydrogen) atoms. The molecule has 0 aromatic heterocycles. The molecule has 0 atom stereocenters. The molecule has 104 valence electrons. The number of para-hydroxylation sites is 1. The molecule has 1 aromatic rings. The molecule has 1 aliphatic rings. The number of nitrogens with two attached hydrogens (primary N) is 1. The zero-order chi connectivity index (χ0) is 13.7. The molecule has 1 fully saturated rings. The number of nitrogens with one attached hydrogen (secondary N) is 1. The van der Waals surface area contributed by atoms with E-state index < -0.39 is 0 Å². The van der Waals surface area contributed by atoms with Crippen LogP contribution in [0, 0.1) is 5.41 Å². The Morgan fingerprint density at radius 3 is 2.74 bits per heavy atom. The van der Waals surface area contributed by atoms with Crippen LogP contribution in [0.25, 0.3) is 0 Å². The van der Waals surface area contributed by atoms with E-state index in [1.165, 1.54) is 25.7 Å². The standard InChI is InChI=1S/C16H24N2O/c1-2-9-16(10-11-16)12-18-15(19)8-7-13-5-3-4-6-14(13)17/h3-6H,2,7-12,17H2,1H3,(H,18,19). The molecule has 0 bridgehead atoms. The molecule has 3 nitrogen and oxygen atoms in total. The van der Waals surface area contributed by atoms with Crippen LogP contribution in [0.1, 0.15) is 44.6 Å². The summed E-state index contributed by atoms with van der Waals surface area (Å²) in [5, 5.41) is 3.08. The lowest BCUT2D eigenvalue weighted by atomic mass is 10.0. The molecule has 0 aliphatic heterocycles. The van der Waals surface area contributed by atoms with Crippen LogP contribution >= 0.6 is 0 Å². The van der Waals surface area contributed by atoms with Gasteiger partial charge in [0, 0.05) is 18.7 Å². The van der Waals surface area contributed by atoms with Gasteiger partial charge in [0.2, 0.25) is 5.91 Å². The zero-order valence-electron chi connectivity index (χ0n) is 11.7. The van der Waals surface area contributed by atoms with Gasteiger partial charge in [-0.3, -0.25) is 4.79 Å². The number of benzene rings is 1. The first-order valence-electron chi connectivity index (χ1n) is 7.25. The Bertz CT molecular complexity index is 438. The quantitative estimate of drug-likeness (QED) is 0.741. The highest BCUT2D eigenvalue weighted by Crippen LogP contribution is 2.48. The van der Waals surface area contributed by atoms with Crippen molar-refractivity contribution in [2.24, 2.45) is 5.41 Å². The van der Waals surface area contributed by atoms with Crippen molar-refractivity contribution in [3.05, 3.63) is 29.8 Å². The predicted molar refractivity (Wildman–Crippen MR) is 78.8 cm³/mol. The fourth-order valence-electron chi connectivity index (χ4n) is 2.61. The number of aryl methyl sites for hydroxylation is 1. The number of carbonyl (C=O) groups excluding carboxylic acids is 1. The Morgan fingerprint density at radius 2 is 2.11 bits per heavy atom. The fraction of sp³-hybridized carbons (Fsp3) is 0.562. The summed E-state index contributed by atoms with van der Waals surface area (Å²) in [7, 11) is 0. The van der Waals surface area contributed by atoms with E-state index >= 15 is 0 Å². The molecule has 1 saturated carbocycles. The van der Waals surface area contributed by atoms with E-state index in [2.05, 4.69) is 12.2 Å². The molecule has 0 radical (unpaired) electrons. The van der Waals surface area contributed by atoms with Crippen LogP contribution in [0.2, 0.25) is 0 Å². The summed E-state index contributed by atoms with van der Waals surface area (Å²) in [6, 6.07) is 7.75. The average molecular weight is 260 g/mol. The van der Waals surface area contributed by atoms with Crippen molar-refractivity contribution in [3.63, 3.8) is 0 Å². The second kappa shape index (κ2) is 6.09. The Kier molecular flexibility index (Phi) is 4.46. The minimum absolute atomic E-state index is 0.144. The highest BCUT2D eigenvalue weighted by atomic mass is 16.1. The minimum atomic E-state index is 0.144. The molecule has 2 rings (SSSR count). The van der Waals surface area contributed by atoms with Gasteiger partial charge in [0.1, 0.15) is 0 Å². The van der Waals surface area contributed by atoms with Crippen molar-refractivity contribution in [1.82, 2.24) is 5.32 Å². The van der Waals surface area contributed by atoms with E-state index in [4.69, 9.17) is 5.73 Å². The first kappa shape index (κ1) is 13.9. The smallest absolute Gasteiger partial charge is 0.220 e. The molecule has 0 unspecified atom stereocenters. The van der Waals surface area contributed by atoms with Gasteiger partial charge in [0.25, 0.3) is 0 Å². The first-order chi connectivity index (χ1) is 9.15. The number of amides is 1. The lowest BCUT2D eigenvalue weighted by Gasteiger charge is -2.15. The average Bonchev–Trinajstić information content (AvgIpc) is 3.16. The van der Waals surface area contributed by atoms with Crippen molar-refractivity contribution < 1.29 is 4.79 Å². The minimum Gasteiger partial charge on any atom is -0.399 e. The topological polar surface area (TPSA) is 55.1 Å². The normalized spacial score (nSPS) is 16.1. The molecule has 1 aromatic carbocycles. The zero-order valence-corrected chi connectivity index (χ0v) is 11.7. The third-order valence-electron chi connectivity index (χ3n) is 4.07. The number of hydrogen-bond donors (Lipinski definition) is 2. The molecule has 0 saturated heterocycles. The fourth-order valence-corrected chi connectivity index (χ4v) is 2.61. The van der Waals surface area contributed by atoms with Crippen molar-refractivity contribution in [1.29, 1.82) is 0 Å². The van der Waals surface area contributed by atoms with E-state index in [0.717, 1.165) is 24.2 Å². The SMILES string of the molecule is CCCC1(CNC(=O)CCc2ccccc2N)CC1. The monoisotopic (exact) mass is 260 g/mol. The molecule has 0 spiro atoms. The number of rotatable bonds is 7. The van der Waals surface area contributed by atoms with Crippen LogP contribution in [0.4, 0.5) is 5.69 Å². The summed E-state index contributed by atoms with van der Waals surface area (Å²) in [6.45, 7) is 3.06. The second-order valence-electron chi connectivity index (χ2n) is 5.73. The van der Waals surface area contributed by atoms with Crippen molar-refractivity contribution in [2.45, 2.75) is 45.4 Å². The maximum Gasteiger partial charge on any atom is 0.220 e. The number of anilines is 1. The van der Waals surface area contributed by atoms with Gasteiger partial charge >= 0.3 is 0 Å². The highest BCUT2D eigenvalue weighted by molar-refractivity contribution is 5.76. The van der Waals surface area contributed by atoms with Gasteiger partial charge in [0.05, 0.1) is 0 Å². The summed E-state index contributed by atoms with van der Waals surface area (Å²) in [6.07, 6.45) is 6.23. The summed E-state index contributed by atoms with van der Waals surface area (Å²) < 4.78 is 0. The molecule has 3 heteroatoms. The summed E-state index contributed by atoms with van der Waals surface area (Å²) >= 11 is 0. The molecular formula is C16H24N2O. The molecule has 1 amide bonds. The van der Waals surface area contributed by atoms with Crippen LogP contribution in [-0.4, -0.2) is 12.5 Å². The molecular weight excluding hydrogens is 236 g/mol. The van der Waals surface area contributed by atoms with Gasteiger partial charge in [-0.15, -0.1) is 0 Å². The second-order valence-corrected chi connectivity index (χ2v) is 5.73. The molecule has 1 aliphatic carbocycles. The van der Waals surface area contributed by atoms with Crippen molar-refractivity contribution in [3.8, 4) is 0 Å². The maximum atomic E-state index is 11.9. The highest BCUT2D eigenvalue weighted by Gasteiger charge is 2.41. The van der Waals surface area contributed by atoms with Crippen LogP contribution in [0.3, 0.4) is 0 Å². The first-order valence-corrected chi connectivity index (χ1v) is 7.25. The third kappa shape index (κ3) is 3.98. The van der Waals surface area contributed by atoms with Gasteiger partial charge in [-0.1, -0.05) is 31.5 Å². The summed E-state index contributed by atoms with van der Waals surface area (Å²) in [4.78, 5) is 11.9. The Morgan fingerprint density at radius 1 is 1.37 bits per heavy atom. The van der Waals surface area contributed by atoms with Crippen LogP contribution < -0.4 is 11.1 Å². The molecule has 0 heterocycles. The Balaban J connectivity index is 1.72. The molecule has 3 N–H and O–H groups in total. The van der Waals surface area contributed by atoms with E-state index in [0.29, 0.717) is 11.8 Å².